The number of likely N-dealkylation sites (tertiary alicyclic amines) is 1. The first-order chi connectivity index (χ1) is 13.5. The van der Waals surface area contributed by atoms with Crippen LogP contribution in [0.15, 0.2) is 18.3 Å². The second-order valence-electron chi connectivity index (χ2n) is 7.57. The highest BCUT2D eigenvalue weighted by Gasteiger charge is 2.67. The van der Waals surface area contributed by atoms with E-state index in [-0.39, 0.29) is 18.5 Å². The van der Waals surface area contributed by atoms with E-state index in [4.69, 9.17) is 0 Å². The predicted octanol–water partition coefficient (Wildman–Crippen LogP) is 2.61. The number of nitrogens with one attached hydrogen (secondary N) is 1. The molecule has 1 spiro atoms. The quantitative estimate of drug-likeness (QED) is 0.721. The molecule has 2 saturated heterocycles. The van der Waals surface area contributed by atoms with Gasteiger partial charge in [0.1, 0.15) is 6.04 Å². The lowest BCUT2D eigenvalue weighted by molar-refractivity contribution is -0.298. The molecule has 12 heteroatoms. The van der Waals surface area contributed by atoms with E-state index in [0.29, 0.717) is 13.1 Å². The van der Waals surface area contributed by atoms with Crippen molar-refractivity contribution in [1.29, 1.82) is 0 Å². The van der Waals surface area contributed by atoms with Crippen LogP contribution in [-0.4, -0.2) is 63.7 Å². The van der Waals surface area contributed by atoms with Crippen LogP contribution in [0.2, 0.25) is 0 Å². The molecule has 0 aromatic carbocycles. The van der Waals surface area contributed by atoms with Crippen molar-refractivity contribution in [3.8, 4) is 0 Å². The van der Waals surface area contributed by atoms with Gasteiger partial charge in [0.25, 0.3) is 0 Å². The lowest BCUT2D eigenvalue weighted by Gasteiger charge is -2.39. The van der Waals surface area contributed by atoms with Crippen molar-refractivity contribution < 1.29 is 36.2 Å². The summed E-state index contributed by atoms with van der Waals surface area (Å²) in [5.74, 6) is -5.08. The third-order valence-corrected chi connectivity index (χ3v) is 5.85. The number of nitrogens with zero attached hydrogens (tertiary/aromatic N) is 3. The van der Waals surface area contributed by atoms with Gasteiger partial charge in [0.15, 0.2) is 5.92 Å². The number of hydrogen-bond acceptors (Lipinski definition) is 5. The SMILES string of the molecule is O=C(O)C1N(Cc2cccnn2)C(C(C(F)(F)F)C(F)(F)F)CC12CCNCC2. The number of halogens is 6. The third-order valence-electron chi connectivity index (χ3n) is 5.85. The first kappa shape index (κ1) is 21.8. The van der Waals surface area contributed by atoms with Gasteiger partial charge in [-0.05, 0) is 44.5 Å². The number of hydrogen-bond donors (Lipinski definition) is 2. The third kappa shape index (κ3) is 4.32. The van der Waals surface area contributed by atoms with Crippen LogP contribution in [-0.2, 0) is 11.3 Å². The summed E-state index contributed by atoms with van der Waals surface area (Å²) in [6.45, 7) is 0.198. The molecule has 29 heavy (non-hydrogen) atoms. The molecule has 2 aliphatic rings. The first-order valence-corrected chi connectivity index (χ1v) is 9.05. The number of carboxylic acid groups (broad SMARTS) is 1. The molecule has 162 valence electrons. The van der Waals surface area contributed by atoms with Crippen molar-refractivity contribution in [2.45, 2.75) is 50.2 Å². The van der Waals surface area contributed by atoms with Crippen molar-refractivity contribution in [2.75, 3.05) is 13.1 Å². The van der Waals surface area contributed by atoms with E-state index in [1.54, 1.807) is 0 Å². The molecule has 1 aromatic heterocycles. The number of carboxylic acids is 1. The molecule has 0 amide bonds. The Bertz CT molecular complexity index is 707. The average Bonchev–Trinajstić information content (AvgIpc) is 2.87. The molecule has 0 bridgehead atoms. The molecule has 0 aliphatic carbocycles. The summed E-state index contributed by atoms with van der Waals surface area (Å²) in [4.78, 5) is 12.9. The number of aromatic nitrogens is 2. The van der Waals surface area contributed by atoms with Crippen LogP contribution in [0.5, 0.6) is 0 Å². The van der Waals surface area contributed by atoms with Crippen LogP contribution in [0.3, 0.4) is 0 Å². The maximum Gasteiger partial charge on any atom is 0.402 e. The van der Waals surface area contributed by atoms with Crippen LogP contribution in [0.1, 0.15) is 25.0 Å². The van der Waals surface area contributed by atoms with Gasteiger partial charge in [-0.2, -0.15) is 36.5 Å². The Kier molecular flexibility index (Phi) is 5.78. The smallest absolute Gasteiger partial charge is 0.402 e. The molecule has 0 radical (unpaired) electrons. The number of aliphatic carboxylic acids is 1. The minimum atomic E-state index is -5.56. The van der Waals surface area contributed by atoms with Gasteiger partial charge < -0.3 is 10.4 Å². The normalized spacial score (nSPS) is 25.6. The second-order valence-corrected chi connectivity index (χ2v) is 7.57. The predicted molar refractivity (Wildman–Crippen MR) is 87.5 cm³/mol. The Balaban J connectivity index is 2.09. The zero-order chi connectivity index (χ0) is 21.4. The van der Waals surface area contributed by atoms with Crippen molar-refractivity contribution in [1.82, 2.24) is 20.4 Å². The lowest BCUT2D eigenvalue weighted by Crippen LogP contribution is -2.54. The maximum absolute atomic E-state index is 13.5. The van der Waals surface area contributed by atoms with Gasteiger partial charge in [0, 0.05) is 24.2 Å². The fourth-order valence-corrected chi connectivity index (χ4v) is 4.74. The molecule has 0 saturated carbocycles. The molecule has 2 aliphatic heterocycles. The van der Waals surface area contributed by atoms with E-state index >= 15 is 0 Å². The Morgan fingerprint density at radius 1 is 1.24 bits per heavy atom. The highest BCUT2D eigenvalue weighted by molar-refractivity contribution is 5.75. The van der Waals surface area contributed by atoms with E-state index in [1.807, 2.05) is 0 Å². The van der Waals surface area contributed by atoms with Crippen molar-refractivity contribution in [3.05, 3.63) is 24.0 Å². The maximum atomic E-state index is 13.5. The van der Waals surface area contributed by atoms with E-state index in [2.05, 4.69) is 15.5 Å². The molecule has 2 atom stereocenters. The van der Waals surface area contributed by atoms with E-state index in [1.165, 1.54) is 18.3 Å². The number of carbonyl (C=O) groups is 1. The van der Waals surface area contributed by atoms with Crippen LogP contribution in [0.4, 0.5) is 26.3 Å². The van der Waals surface area contributed by atoms with Crippen LogP contribution >= 0.6 is 0 Å². The van der Waals surface area contributed by atoms with Crippen LogP contribution in [0.25, 0.3) is 0 Å². The topological polar surface area (TPSA) is 78.3 Å². The Labute approximate surface area is 162 Å². The van der Waals surface area contributed by atoms with Gasteiger partial charge in [0.05, 0.1) is 5.69 Å². The Morgan fingerprint density at radius 3 is 2.34 bits per heavy atom. The molecular weight excluding hydrogens is 406 g/mol. The van der Waals surface area contributed by atoms with Gasteiger partial charge in [0.2, 0.25) is 0 Å². The van der Waals surface area contributed by atoms with E-state index < -0.39 is 54.7 Å². The fourth-order valence-electron chi connectivity index (χ4n) is 4.74. The van der Waals surface area contributed by atoms with Crippen molar-refractivity contribution in [3.63, 3.8) is 0 Å². The standard InChI is InChI=1S/C17H20F6N4O2/c18-16(19,20)12(17(21,22)23)11-8-15(3-6-24-7-4-15)13(14(28)29)27(11)9-10-2-1-5-25-26-10/h1-2,5,11-13,24H,3-4,6-9H2,(H,28,29). The van der Waals surface area contributed by atoms with Crippen molar-refractivity contribution in [2.24, 2.45) is 11.3 Å². The molecule has 1 aromatic rings. The van der Waals surface area contributed by atoms with Gasteiger partial charge in [-0.15, -0.1) is 0 Å². The van der Waals surface area contributed by atoms with Gasteiger partial charge in [-0.25, -0.2) is 0 Å². The van der Waals surface area contributed by atoms with Gasteiger partial charge in [-0.1, -0.05) is 0 Å². The molecule has 2 unspecified atom stereocenters. The van der Waals surface area contributed by atoms with E-state index in [9.17, 15) is 36.2 Å². The summed E-state index contributed by atoms with van der Waals surface area (Å²) in [6, 6.07) is -0.707. The summed E-state index contributed by atoms with van der Waals surface area (Å²) in [5, 5.41) is 20.1. The zero-order valence-corrected chi connectivity index (χ0v) is 15.2. The average molecular weight is 426 g/mol. The summed E-state index contributed by atoms with van der Waals surface area (Å²) in [7, 11) is 0. The Morgan fingerprint density at radius 2 is 1.86 bits per heavy atom. The second kappa shape index (κ2) is 7.71. The van der Waals surface area contributed by atoms with Gasteiger partial charge in [-0.3, -0.25) is 9.69 Å². The minimum absolute atomic E-state index is 0.109. The molecule has 2 N–H and O–H groups in total. The fraction of sp³-hybridized carbons (Fsp3) is 0.706. The van der Waals surface area contributed by atoms with E-state index in [0.717, 1.165) is 4.90 Å². The zero-order valence-electron chi connectivity index (χ0n) is 15.2. The Hall–Kier alpha value is -1.95. The lowest BCUT2D eigenvalue weighted by atomic mass is 9.71. The molecular formula is C17H20F6N4O2. The summed E-state index contributed by atoms with van der Waals surface area (Å²) >= 11 is 0. The van der Waals surface area contributed by atoms with Gasteiger partial charge >= 0.3 is 18.3 Å². The highest BCUT2D eigenvalue weighted by Crippen LogP contribution is 2.54. The molecule has 6 nitrogen and oxygen atoms in total. The number of rotatable bonds is 4. The monoisotopic (exact) mass is 426 g/mol. The minimum Gasteiger partial charge on any atom is -0.480 e. The summed E-state index contributed by atoms with van der Waals surface area (Å²) in [6.07, 6.45) is -9.96. The number of piperidine rings is 1. The van der Waals surface area contributed by atoms with Crippen LogP contribution < -0.4 is 5.32 Å². The molecule has 3 rings (SSSR count). The highest BCUT2D eigenvalue weighted by atomic mass is 19.4. The van der Waals surface area contributed by atoms with Crippen molar-refractivity contribution >= 4 is 5.97 Å². The summed E-state index contributed by atoms with van der Waals surface area (Å²) in [5.41, 5.74) is -1.07. The largest absolute Gasteiger partial charge is 0.480 e. The number of alkyl halides is 6. The molecule has 2 fully saturated rings. The summed E-state index contributed by atoms with van der Waals surface area (Å²) < 4.78 is 81.2. The first-order valence-electron chi connectivity index (χ1n) is 9.05. The van der Waals surface area contributed by atoms with Crippen LogP contribution in [0, 0.1) is 11.3 Å². The molecule has 3 heterocycles.